The van der Waals surface area contributed by atoms with Gasteiger partial charge in [-0.3, -0.25) is 4.79 Å². The molecule has 128 valence electrons. The molecule has 2 aromatic rings. The largest absolute Gasteiger partial charge is 0.417 e. The Kier molecular flexibility index (Phi) is 3.31. The fourth-order valence-corrected chi connectivity index (χ4v) is 3.53. The summed E-state index contributed by atoms with van der Waals surface area (Å²) in [4.78, 5) is 21.7. The molecule has 0 aliphatic carbocycles. The lowest BCUT2D eigenvalue weighted by molar-refractivity contribution is -0.137. The minimum absolute atomic E-state index is 0.00101. The molecule has 0 radical (unpaired) electrons. The number of fused-ring (bicyclic) bond motifs is 3. The summed E-state index contributed by atoms with van der Waals surface area (Å²) in [6.07, 6.45) is -2.95. The summed E-state index contributed by atoms with van der Waals surface area (Å²) in [6, 6.07) is 0.585. The van der Waals surface area contributed by atoms with Crippen LogP contribution < -0.4 is 0 Å². The molecule has 2 aliphatic rings. The van der Waals surface area contributed by atoms with Crippen molar-refractivity contribution in [2.45, 2.75) is 44.1 Å². The number of aliphatic hydroxyl groups is 1. The number of nitrogens with zero attached hydrogens (tertiary/aromatic N) is 4. The van der Waals surface area contributed by atoms with E-state index in [2.05, 4.69) is 9.97 Å². The molecule has 2 atom stereocenters. The quantitative estimate of drug-likeness (QED) is 0.851. The third kappa shape index (κ3) is 2.34. The zero-order chi connectivity index (χ0) is 17.1. The third-order valence-corrected chi connectivity index (χ3v) is 4.71. The number of likely N-dealkylation sites (tertiary alicyclic amines) is 1. The highest BCUT2D eigenvalue weighted by Gasteiger charge is 2.38. The molecule has 9 heteroatoms. The van der Waals surface area contributed by atoms with Gasteiger partial charge in [-0.05, 0) is 12.5 Å². The number of rotatable bonds is 1. The van der Waals surface area contributed by atoms with Gasteiger partial charge in [0.05, 0.1) is 24.3 Å². The molecule has 0 bridgehead atoms. The first kappa shape index (κ1) is 15.4. The van der Waals surface area contributed by atoms with E-state index >= 15 is 0 Å². The summed E-state index contributed by atoms with van der Waals surface area (Å²) < 4.78 is 40.1. The molecule has 0 saturated carbocycles. The van der Waals surface area contributed by atoms with Crippen LogP contribution in [0.3, 0.4) is 0 Å². The van der Waals surface area contributed by atoms with Gasteiger partial charge in [0.1, 0.15) is 11.3 Å². The van der Waals surface area contributed by atoms with Crippen LogP contribution in [0.1, 0.15) is 24.2 Å². The predicted octanol–water partition coefficient (Wildman–Crippen LogP) is 1.36. The molecule has 1 saturated heterocycles. The van der Waals surface area contributed by atoms with Gasteiger partial charge in [0, 0.05) is 25.6 Å². The van der Waals surface area contributed by atoms with E-state index in [9.17, 15) is 23.1 Å². The van der Waals surface area contributed by atoms with Gasteiger partial charge < -0.3 is 14.6 Å². The maximum atomic E-state index is 12.8. The molecular weight excluding hydrogens is 325 g/mol. The molecule has 0 spiro atoms. The molecule has 2 unspecified atom stereocenters. The van der Waals surface area contributed by atoms with Crippen LogP contribution in [-0.4, -0.2) is 49.1 Å². The molecule has 2 aromatic heterocycles. The summed E-state index contributed by atoms with van der Waals surface area (Å²) in [5.41, 5.74) is -0.374. The van der Waals surface area contributed by atoms with Crippen molar-refractivity contribution in [2.75, 3.05) is 6.54 Å². The smallest absolute Gasteiger partial charge is 0.389 e. The minimum atomic E-state index is -4.48. The standard InChI is InChI=1S/C15H15F3N4O2/c16-15(17,18)8-4-9-14(19-6-8)22-7-11(23)10(5-12(22)20-9)21-3-1-2-13(21)24/h4,6,10-11,23H,1-3,5,7H2. The number of carbonyl (C=O) groups is 1. The van der Waals surface area contributed by atoms with E-state index in [-0.39, 0.29) is 24.0 Å². The van der Waals surface area contributed by atoms with Crippen LogP contribution in [0.25, 0.3) is 11.2 Å². The first-order valence-corrected chi connectivity index (χ1v) is 7.74. The van der Waals surface area contributed by atoms with Gasteiger partial charge in [0.2, 0.25) is 5.91 Å². The van der Waals surface area contributed by atoms with Crippen LogP contribution in [0.5, 0.6) is 0 Å². The highest BCUT2D eigenvalue weighted by atomic mass is 19.4. The van der Waals surface area contributed by atoms with E-state index in [1.54, 1.807) is 9.47 Å². The van der Waals surface area contributed by atoms with Crippen LogP contribution in [0.15, 0.2) is 12.3 Å². The first-order valence-electron chi connectivity index (χ1n) is 7.74. The molecule has 24 heavy (non-hydrogen) atoms. The van der Waals surface area contributed by atoms with Gasteiger partial charge in [0.25, 0.3) is 0 Å². The van der Waals surface area contributed by atoms with Gasteiger partial charge >= 0.3 is 6.18 Å². The molecule has 4 heterocycles. The molecule has 2 aliphatic heterocycles. The van der Waals surface area contributed by atoms with Crippen molar-refractivity contribution in [1.29, 1.82) is 0 Å². The Morgan fingerprint density at radius 1 is 1.33 bits per heavy atom. The van der Waals surface area contributed by atoms with Crippen molar-refractivity contribution < 1.29 is 23.1 Å². The van der Waals surface area contributed by atoms with E-state index < -0.39 is 17.8 Å². The molecular formula is C15H15F3N4O2. The van der Waals surface area contributed by atoms with Crippen LogP contribution in [0.2, 0.25) is 0 Å². The van der Waals surface area contributed by atoms with E-state index in [1.807, 2.05) is 0 Å². The zero-order valence-electron chi connectivity index (χ0n) is 12.6. The number of aromatic nitrogens is 3. The van der Waals surface area contributed by atoms with E-state index in [1.165, 1.54) is 0 Å². The topological polar surface area (TPSA) is 71.2 Å². The molecule has 1 amide bonds. The SMILES string of the molecule is O=C1CCCN1C1Cc2nc3cc(C(F)(F)F)cnc3n2CC1O. The number of halogens is 3. The number of alkyl halides is 3. The highest BCUT2D eigenvalue weighted by molar-refractivity contribution is 5.78. The highest BCUT2D eigenvalue weighted by Crippen LogP contribution is 2.32. The molecule has 1 fully saturated rings. The second-order valence-corrected chi connectivity index (χ2v) is 6.23. The van der Waals surface area contributed by atoms with Gasteiger partial charge in [0.15, 0.2) is 5.65 Å². The van der Waals surface area contributed by atoms with Crippen LogP contribution in [0, 0.1) is 0 Å². The lowest BCUT2D eigenvalue weighted by Crippen LogP contribution is -2.50. The Morgan fingerprint density at radius 2 is 2.12 bits per heavy atom. The Labute approximate surface area is 134 Å². The van der Waals surface area contributed by atoms with Gasteiger partial charge in [-0.1, -0.05) is 0 Å². The summed E-state index contributed by atoms with van der Waals surface area (Å²) in [5, 5.41) is 10.4. The van der Waals surface area contributed by atoms with Crippen LogP contribution in [-0.2, 0) is 23.9 Å². The lowest BCUT2D eigenvalue weighted by Gasteiger charge is -2.35. The molecule has 1 N–H and O–H groups in total. The van der Waals surface area contributed by atoms with Crippen molar-refractivity contribution in [3.05, 3.63) is 23.7 Å². The lowest BCUT2D eigenvalue weighted by atomic mass is 10.0. The number of imidazole rings is 1. The summed E-state index contributed by atoms with van der Waals surface area (Å²) in [5.74, 6) is 0.549. The Hall–Kier alpha value is -2.16. The Morgan fingerprint density at radius 3 is 2.79 bits per heavy atom. The Bertz CT molecular complexity index is 817. The monoisotopic (exact) mass is 340 g/mol. The number of carbonyl (C=O) groups excluding carboxylic acids is 1. The molecule has 4 rings (SSSR count). The fraction of sp³-hybridized carbons (Fsp3) is 0.533. The fourth-order valence-electron chi connectivity index (χ4n) is 3.53. The maximum absolute atomic E-state index is 12.8. The van der Waals surface area contributed by atoms with Crippen LogP contribution >= 0.6 is 0 Å². The normalized spacial score (nSPS) is 24.7. The number of hydrogen-bond donors (Lipinski definition) is 1. The van der Waals surface area contributed by atoms with Gasteiger partial charge in [-0.25, -0.2) is 9.97 Å². The summed E-state index contributed by atoms with van der Waals surface area (Å²) in [6.45, 7) is 0.760. The zero-order valence-corrected chi connectivity index (χ0v) is 12.6. The van der Waals surface area contributed by atoms with Gasteiger partial charge in [-0.2, -0.15) is 13.2 Å². The predicted molar refractivity (Wildman–Crippen MR) is 77.0 cm³/mol. The van der Waals surface area contributed by atoms with Crippen molar-refractivity contribution in [1.82, 2.24) is 19.4 Å². The summed E-state index contributed by atoms with van der Waals surface area (Å²) in [7, 11) is 0. The van der Waals surface area contributed by atoms with E-state index in [0.29, 0.717) is 30.9 Å². The third-order valence-electron chi connectivity index (χ3n) is 4.71. The second kappa shape index (κ2) is 5.17. The number of hydrogen-bond acceptors (Lipinski definition) is 4. The van der Waals surface area contributed by atoms with Gasteiger partial charge in [-0.15, -0.1) is 0 Å². The number of pyridine rings is 1. The molecule has 0 aromatic carbocycles. The first-order chi connectivity index (χ1) is 11.3. The Balaban J connectivity index is 1.72. The average molecular weight is 340 g/mol. The summed E-state index contributed by atoms with van der Waals surface area (Å²) >= 11 is 0. The van der Waals surface area contributed by atoms with Crippen molar-refractivity contribution in [3.63, 3.8) is 0 Å². The number of aliphatic hydroxyl groups excluding tert-OH is 1. The van der Waals surface area contributed by atoms with Crippen molar-refractivity contribution in [3.8, 4) is 0 Å². The second-order valence-electron chi connectivity index (χ2n) is 6.23. The van der Waals surface area contributed by atoms with E-state index in [0.717, 1.165) is 18.7 Å². The molecule has 6 nitrogen and oxygen atoms in total. The van der Waals surface area contributed by atoms with E-state index in [4.69, 9.17) is 0 Å². The minimum Gasteiger partial charge on any atom is -0.389 e. The maximum Gasteiger partial charge on any atom is 0.417 e. The van der Waals surface area contributed by atoms with Crippen molar-refractivity contribution >= 4 is 17.1 Å². The van der Waals surface area contributed by atoms with Crippen molar-refractivity contribution in [2.24, 2.45) is 0 Å². The average Bonchev–Trinajstić information content (AvgIpc) is 3.08. The van der Waals surface area contributed by atoms with Crippen LogP contribution in [0.4, 0.5) is 13.2 Å². The number of amides is 1.